The van der Waals surface area contributed by atoms with Gasteiger partial charge in [0.15, 0.2) is 6.10 Å². The largest absolute Gasteiger partial charge is 0.472 e. The summed E-state index contributed by atoms with van der Waals surface area (Å²) in [6.07, 6.45) is 65.4. The number of hydrogen-bond acceptors (Lipinski definition) is 10. The van der Waals surface area contributed by atoms with Gasteiger partial charge in [0.2, 0.25) is 0 Å². The summed E-state index contributed by atoms with van der Waals surface area (Å²) in [7, 11) is -4.75. The van der Waals surface area contributed by atoms with Crippen LogP contribution in [0.4, 0.5) is 0 Å². The maximum absolute atomic E-state index is 12.9. The number of carbonyl (C=O) groups is 3. The maximum atomic E-state index is 12.9. The Morgan fingerprint density at radius 1 is 0.372 bits per heavy atom. The highest BCUT2D eigenvalue weighted by Crippen LogP contribution is 2.43. The molecule has 0 amide bonds. The Morgan fingerprint density at radius 3 is 1.03 bits per heavy atom. The molecule has 458 valence electrons. The van der Waals surface area contributed by atoms with Crippen LogP contribution >= 0.6 is 7.82 Å². The first-order valence-electron chi connectivity index (χ1n) is 32.9. The Morgan fingerprint density at radius 2 is 0.667 bits per heavy atom. The monoisotopic (exact) mass is 1120 g/mol. The summed E-state index contributed by atoms with van der Waals surface area (Å²) in [5.74, 6) is -1.47. The minimum Gasteiger partial charge on any atom is -0.462 e. The third-order valence-corrected chi connectivity index (χ3v) is 15.5. The number of phosphoric acid groups is 1. The van der Waals surface area contributed by atoms with Gasteiger partial charge in [0.1, 0.15) is 12.7 Å². The molecule has 0 fully saturated rings. The molecule has 0 aliphatic rings. The third-order valence-electron chi connectivity index (χ3n) is 14.6. The summed E-state index contributed by atoms with van der Waals surface area (Å²) < 4.78 is 39.7. The van der Waals surface area contributed by atoms with Crippen molar-refractivity contribution in [3.8, 4) is 0 Å². The Bertz CT molecular complexity index is 1450. The second kappa shape index (κ2) is 60.8. The number of phosphoric ester groups is 1. The predicted molar refractivity (Wildman–Crippen MR) is 326 cm³/mol. The smallest absolute Gasteiger partial charge is 0.462 e. The third kappa shape index (κ3) is 58.4. The predicted octanol–water partition coefficient (Wildman–Crippen LogP) is 19.9. The SMILES string of the molecule is CC/C=C\C/C=C\C/C=C\CCCCCC(=O)OCC(COP(=O)(O)OCC(CO)OC(=O)CCCCCCCCCCCCCCCCCCCCC)OC(=O)CCCCCCCCCCCCCCCCCCCCC. The van der Waals surface area contributed by atoms with Crippen molar-refractivity contribution in [3.05, 3.63) is 36.5 Å². The van der Waals surface area contributed by atoms with Crippen molar-refractivity contribution in [1.82, 2.24) is 0 Å². The molecule has 0 radical (unpaired) electrons. The number of hydrogen-bond donors (Lipinski definition) is 2. The molecule has 0 aromatic heterocycles. The van der Waals surface area contributed by atoms with Gasteiger partial charge in [-0.1, -0.05) is 295 Å². The highest BCUT2D eigenvalue weighted by Gasteiger charge is 2.28. The van der Waals surface area contributed by atoms with E-state index in [0.717, 1.165) is 77.0 Å². The van der Waals surface area contributed by atoms with Crippen molar-refractivity contribution in [1.29, 1.82) is 0 Å². The molecule has 0 saturated heterocycles. The fourth-order valence-electron chi connectivity index (χ4n) is 9.61. The second-order valence-electron chi connectivity index (χ2n) is 22.3. The van der Waals surface area contributed by atoms with Gasteiger partial charge in [-0.15, -0.1) is 0 Å². The van der Waals surface area contributed by atoms with Gasteiger partial charge in [-0.25, -0.2) is 4.57 Å². The number of rotatable bonds is 62. The highest BCUT2D eigenvalue weighted by molar-refractivity contribution is 7.47. The zero-order valence-corrected chi connectivity index (χ0v) is 51.8. The molecule has 0 spiro atoms. The van der Waals surface area contributed by atoms with Gasteiger partial charge in [-0.05, 0) is 51.4 Å². The number of ether oxygens (including phenoxy) is 3. The van der Waals surface area contributed by atoms with E-state index in [4.69, 9.17) is 23.3 Å². The van der Waals surface area contributed by atoms with E-state index in [0.29, 0.717) is 19.3 Å². The number of allylic oxidation sites excluding steroid dienone is 6. The van der Waals surface area contributed by atoms with E-state index in [-0.39, 0.29) is 25.9 Å². The molecule has 0 bridgehead atoms. The number of unbranched alkanes of at least 4 members (excludes halogenated alkanes) is 39. The normalized spacial score (nSPS) is 13.4. The minimum absolute atomic E-state index is 0.167. The van der Waals surface area contributed by atoms with E-state index in [9.17, 15) is 28.9 Å². The van der Waals surface area contributed by atoms with E-state index >= 15 is 0 Å². The lowest BCUT2D eigenvalue weighted by Crippen LogP contribution is -2.30. The zero-order chi connectivity index (χ0) is 56.9. The quantitative estimate of drug-likeness (QED) is 0.0197. The van der Waals surface area contributed by atoms with Crippen LogP contribution in [0, 0.1) is 0 Å². The van der Waals surface area contributed by atoms with Crippen LogP contribution in [0.15, 0.2) is 36.5 Å². The number of aliphatic hydroxyl groups is 1. The molecule has 3 unspecified atom stereocenters. The molecule has 0 saturated carbocycles. The Kier molecular flexibility index (Phi) is 59.0. The summed E-state index contributed by atoms with van der Waals surface area (Å²) in [6, 6.07) is 0. The van der Waals surface area contributed by atoms with Crippen molar-refractivity contribution in [2.45, 2.75) is 341 Å². The summed E-state index contributed by atoms with van der Waals surface area (Å²) in [4.78, 5) is 48.7. The molecular formula is C66H123O11P. The number of esters is 3. The Balaban J connectivity index is 4.60. The van der Waals surface area contributed by atoms with Crippen molar-refractivity contribution >= 4 is 25.7 Å². The van der Waals surface area contributed by atoms with E-state index in [1.165, 1.54) is 193 Å². The van der Waals surface area contributed by atoms with Crippen LogP contribution < -0.4 is 0 Å². The van der Waals surface area contributed by atoms with Gasteiger partial charge in [-0.2, -0.15) is 0 Å². The van der Waals surface area contributed by atoms with E-state index in [1.54, 1.807) is 0 Å². The van der Waals surface area contributed by atoms with Crippen molar-refractivity contribution in [2.24, 2.45) is 0 Å². The van der Waals surface area contributed by atoms with Crippen LogP contribution in [-0.2, 0) is 42.2 Å². The molecule has 0 aliphatic heterocycles. The molecule has 0 heterocycles. The average molecular weight is 1120 g/mol. The van der Waals surface area contributed by atoms with Crippen molar-refractivity contribution < 1.29 is 52.2 Å². The standard InChI is InChI=1S/C66H123O11P/c1-4-7-10-13-16-19-22-25-27-29-31-33-35-38-41-44-47-50-53-56-65(69)76-62(58-67)60-74-78(71,72)75-61-63(59-73-64(68)55-52-49-46-43-40-37-24-21-18-15-12-9-6-3)77-66(70)57-54-51-48-45-42-39-36-34-32-30-28-26-23-20-17-14-11-8-5-2/h9,12,18,21,37,40,62-63,67H,4-8,10-11,13-17,19-20,22-36,38-39,41-61H2,1-3H3,(H,71,72)/b12-9-,21-18-,40-37-. The lowest BCUT2D eigenvalue weighted by atomic mass is 10.0. The fourth-order valence-corrected chi connectivity index (χ4v) is 10.4. The lowest BCUT2D eigenvalue weighted by Gasteiger charge is -2.21. The molecule has 78 heavy (non-hydrogen) atoms. The van der Waals surface area contributed by atoms with Crippen LogP contribution in [0.2, 0.25) is 0 Å². The fraction of sp³-hybridized carbons (Fsp3) is 0.864. The molecular weight excluding hydrogens is 1000 g/mol. The van der Waals surface area contributed by atoms with Gasteiger partial charge in [-0.3, -0.25) is 23.4 Å². The average Bonchev–Trinajstić information content (AvgIpc) is 3.43. The van der Waals surface area contributed by atoms with Gasteiger partial charge in [0.05, 0.1) is 19.8 Å². The molecule has 0 aliphatic carbocycles. The van der Waals surface area contributed by atoms with Crippen LogP contribution in [-0.4, -0.2) is 66.5 Å². The van der Waals surface area contributed by atoms with Crippen LogP contribution in [0.3, 0.4) is 0 Å². The second-order valence-corrected chi connectivity index (χ2v) is 23.7. The molecule has 11 nitrogen and oxygen atoms in total. The molecule has 3 atom stereocenters. The van der Waals surface area contributed by atoms with Gasteiger partial charge in [0, 0.05) is 19.3 Å². The first-order chi connectivity index (χ1) is 38.2. The first-order valence-corrected chi connectivity index (χ1v) is 34.4. The highest BCUT2D eigenvalue weighted by atomic mass is 31.2. The van der Waals surface area contributed by atoms with Gasteiger partial charge in [0.25, 0.3) is 0 Å². The minimum atomic E-state index is -4.75. The topological polar surface area (TPSA) is 155 Å². The number of carbonyl (C=O) groups excluding carboxylic acids is 3. The van der Waals surface area contributed by atoms with Crippen LogP contribution in [0.5, 0.6) is 0 Å². The molecule has 0 rings (SSSR count). The maximum Gasteiger partial charge on any atom is 0.472 e. The van der Waals surface area contributed by atoms with E-state index in [2.05, 4.69) is 57.2 Å². The summed E-state index contributed by atoms with van der Waals surface area (Å²) >= 11 is 0. The molecule has 0 aromatic rings. The van der Waals surface area contributed by atoms with E-state index < -0.39 is 57.8 Å². The van der Waals surface area contributed by atoms with Crippen LogP contribution in [0.1, 0.15) is 329 Å². The van der Waals surface area contributed by atoms with Gasteiger partial charge < -0.3 is 24.2 Å². The molecule has 12 heteroatoms. The zero-order valence-electron chi connectivity index (χ0n) is 50.9. The van der Waals surface area contributed by atoms with E-state index in [1.807, 2.05) is 0 Å². The van der Waals surface area contributed by atoms with Crippen LogP contribution in [0.25, 0.3) is 0 Å². The summed E-state index contributed by atoms with van der Waals surface area (Å²) in [6.45, 7) is 4.58. The number of aliphatic hydroxyl groups excluding tert-OH is 1. The van der Waals surface area contributed by atoms with Gasteiger partial charge >= 0.3 is 25.7 Å². The Hall–Kier alpha value is -2.30. The molecule has 0 aromatic carbocycles. The van der Waals surface area contributed by atoms with Crippen molar-refractivity contribution in [3.63, 3.8) is 0 Å². The Labute approximate surface area is 480 Å². The molecule has 2 N–H and O–H groups in total. The summed E-state index contributed by atoms with van der Waals surface area (Å²) in [5.41, 5.74) is 0. The first kappa shape index (κ1) is 75.7. The summed E-state index contributed by atoms with van der Waals surface area (Å²) in [5, 5.41) is 9.86. The van der Waals surface area contributed by atoms with Crippen molar-refractivity contribution in [2.75, 3.05) is 26.4 Å². The lowest BCUT2D eigenvalue weighted by molar-refractivity contribution is -0.161.